The van der Waals surface area contributed by atoms with Gasteiger partial charge < -0.3 is 9.47 Å². The van der Waals surface area contributed by atoms with Crippen molar-refractivity contribution in [2.75, 3.05) is 13.2 Å². The van der Waals surface area contributed by atoms with Gasteiger partial charge in [0.15, 0.2) is 0 Å². The van der Waals surface area contributed by atoms with E-state index in [4.69, 9.17) is 19.1 Å². The minimum Gasteiger partial charge on any atom is -0.462 e. The summed E-state index contributed by atoms with van der Waals surface area (Å²) in [6, 6.07) is 0. The van der Waals surface area contributed by atoms with Crippen molar-refractivity contribution in [3.63, 3.8) is 0 Å². The minimum atomic E-state index is -0.203. The molecule has 2 aliphatic rings. The zero-order valence-corrected chi connectivity index (χ0v) is 38.7. The SMILES string of the molecule is CCCCCCCCCCON1C(C)(C)CC(OC(=O)CCCCCCCCC(=O)OC2CC(C)(C)N(OCCCCCCCCCC)C(C)(C)C2)CC1(C)C. The maximum absolute atomic E-state index is 12.8. The molecule has 0 saturated carbocycles. The van der Waals surface area contributed by atoms with E-state index in [-0.39, 0.29) is 46.3 Å². The Morgan fingerprint density at radius 2 is 0.661 bits per heavy atom. The Bertz CT molecular complexity index is 940. The fraction of sp³-hybridized carbons (Fsp3) is 0.958. The summed E-state index contributed by atoms with van der Waals surface area (Å²) in [7, 11) is 0. The predicted octanol–water partition coefficient (Wildman–Crippen LogP) is 13.4. The molecule has 2 aliphatic heterocycles. The molecule has 2 heterocycles. The van der Waals surface area contributed by atoms with Crippen LogP contribution in [0.25, 0.3) is 0 Å². The van der Waals surface area contributed by atoms with Crippen molar-refractivity contribution >= 4 is 11.9 Å². The molecule has 0 N–H and O–H groups in total. The molecule has 330 valence electrons. The van der Waals surface area contributed by atoms with E-state index in [1.807, 2.05) is 0 Å². The van der Waals surface area contributed by atoms with Crippen LogP contribution in [0.3, 0.4) is 0 Å². The second-order valence-electron chi connectivity index (χ2n) is 20.1. The fourth-order valence-electron chi connectivity index (χ4n) is 9.73. The number of rotatable bonds is 31. The fourth-order valence-corrected chi connectivity index (χ4v) is 9.73. The standard InChI is InChI=1S/C48H92N2O6/c1-11-13-15-17-19-23-27-31-35-53-49-45(3,4)37-41(38-46(49,5)6)55-43(51)33-29-25-21-22-26-30-34-44(52)56-42-39-47(7,8)50(48(9,10)40-42)54-36-32-28-24-20-18-16-14-12-2/h41-42H,11-40H2,1-10H3. The van der Waals surface area contributed by atoms with Crippen LogP contribution >= 0.6 is 0 Å². The van der Waals surface area contributed by atoms with Crippen molar-refractivity contribution in [3.8, 4) is 0 Å². The maximum atomic E-state index is 12.8. The molecule has 2 saturated heterocycles. The molecule has 0 aliphatic carbocycles. The van der Waals surface area contributed by atoms with Gasteiger partial charge in [-0.1, -0.05) is 129 Å². The molecular formula is C48H92N2O6. The van der Waals surface area contributed by atoms with Crippen molar-refractivity contribution in [1.82, 2.24) is 10.1 Å². The van der Waals surface area contributed by atoms with E-state index in [1.165, 1.54) is 89.9 Å². The van der Waals surface area contributed by atoms with Gasteiger partial charge >= 0.3 is 11.9 Å². The summed E-state index contributed by atoms with van der Waals surface area (Å²) < 4.78 is 12.1. The van der Waals surface area contributed by atoms with E-state index >= 15 is 0 Å². The Balaban J connectivity index is 1.56. The number of nitrogens with zero attached hydrogens (tertiary/aromatic N) is 2. The Morgan fingerprint density at radius 3 is 0.946 bits per heavy atom. The summed E-state index contributed by atoms with van der Waals surface area (Å²) in [6.45, 7) is 23.7. The third kappa shape index (κ3) is 20.2. The zero-order valence-electron chi connectivity index (χ0n) is 38.7. The number of hydrogen-bond donors (Lipinski definition) is 0. The molecule has 0 atom stereocenters. The van der Waals surface area contributed by atoms with Crippen molar-refractivity contribution in [3.05, 3.63) is 0 Å². The first-order chi connectivity index (χ1) is 26.5. The lowest BCUT2D eigenvalue weighted by molar-refractivity contribution is -0.293. The first kappa shape index (κ1) is 50.9. The molecule has 0 unspecified atom stereocenters. The molecule has 0 spiro atoms. The Morgan fingerprint density at radius 1 is 0.411 bits per heavy atom. The number of piperidine rings is 2. The number of ether oxygens (including phenoxy) is 2. The number of hydroxylamine groups is 4. The van der Waals surface area contributed by atoms with E-state index in [2.05, 4.69) is 79.4 Å². The predicted molar refractivity (Wildman–Crippen MR) is 232 cm³/mol. The van der Waals surface area contributed by atoms with Crippen molar-refractivity contribution in [2.24, 2.45) is 0 Å². The van der Waals surface area contributed by atoms with Crippen LogP contribution in [-0.2, 0) is 28.7 Å². The highest BCUT2D eigenvalue weighted by Crippen LogP contribution is 2.41. The summed E-state index contributed by atoms with van der Waals surface area (Å²) in [5, 5.41) is 4.37. The zero-order chi connectivity index (χ0) is 41.5. The number of esters is 2. The average molecular weight is 793 g/mol. The second-order valence-corrected chi connectivity index (χ2v) is 20.1. The molecule has 0 bridgehead atoms. The van der Waals surface area contributed by atoms with Crippen LogP contribution in [-0.4, -0.2) is 69.6 Å². The number of carbonyl (C=O) groups is 2. The molecule has 8 heteroatoms. The van der Waals surface area contributed by atoms with Gasteiger partial charge in [0, 0.05) is 60.7 Å². The second kappa shape index (κ2) is 26.8. The van der Waals surface area contributed by atoms with Crippen LogP contribution in [0.5, 0.6) is 0 Å². The molecule has 0 radical (unpaired) electrons. The Kier molecular flexibility index (Phi) is 24.4. The first-order valence-electron chi connectivity index (χ1n) is 23.8. The minimum absolute atomic E-state index is 0.0788. The molecule has 0 aromatic heterocycles. The highest BCUT2D eigenvalue weighted by Gasteiger charge is 2.49. The molecule has 2 rings (SSSR count). The molecule has 8 nitrogen and oxygen atoms in total. The third-order valence-corrected chi connectivity index (χ3v) is 12.2. The van der Waals surface area contributed by atoms with Gasteiger partial charge in [-0.15, -0.1) is 0 Å². The molecule has 0 aromatic rings. The third-order valence-electron chi connectivity index (χ3n) is 12.2. The lowest BCUT2D eigenvalue weighted by Gasteiger charge is -2.53. The number of hydrogen-bond acceptors (Lipinski definition) is 8. The molecule has 56 heavy (non-hydrogen) atoms. The van der Waals surface area contributed by atoms with E-state index in [0.717, 1.165) is 90.3 Å². The summed E-state index contributed by atoms with van der Waals surface area (Å²) in [6.07, 6.45) is 30.4. The normalized spacial score (nSPS) is 20.0. The summed E-state index contributed by atoms with van der Waals surface area (Å²) in [4.78, 5) is 38.4. The lowest BCUT2D eigenvalue weighted by Crippen LogP contribution is -2.62. The van der Waals surface area contributed by atoms with E-state index in [9.17, 15) is 9.59 Å². The van der Waals surface area contributed by atoms with Gasteiger partial charge in [0.2, 0.25) is 0 Å². The van der Waals surface area contributed by atoms with E-state index in [1.54, 1.807) is 0 Å². The van der Waals surface area contributed by atoms with E-state index in [0.29, 0.717) is 12.8 Å². The van der Waals surface area contributed by atoms with Gasteiger partial charge in [-0.3, -0.25) is 19.3 Å². The van der Waals surface area contributed by atoms with Gasteiger partial charge in [0.1, 0.15) is 12.2 Å². The van der Waals surface area contributed by atoms with Gasteiger partial charge in [0.05, 0.1) is 13.2 Å². The van der Waals surface area contributed by atoms with Crippen LogP contribution in [0.2, 0.25) is 0 Å². The van der Waals surface area contributed by atoms with Gasteiger partial charge in [0.25, 0.3) is 0 Å². The van der Waals surface area contributed by atoms with Crippen LogP contribution in [0.15, 0.2) is 0 Å². The Labute approximate surface area is 346 Å². The van der Waals surface area contributed by atoms with Crippen LogP contribution < -0.4 is 0 Å². The summed E-state index contributed by atoms with van der Waals surface area (Å²) in [5.41, 5.74) is -0.813. The van der Waals surface area contributed by atoms with Gasteiger partial charge in [-0.25, -0.2) is 0 Å². The van der Waals surface area contributed by atoms with Crippen molar-refractivity contribution < 1.29 is 28.7 Å². The highest BCUT2D eigenvalue weighted by atomic mass is 16.7. The van der Waals surface area contributed by atoms with Crippen molar-refractivity contribution in [2.45, 2.75) is 283 Å². The largest absolute Gasteiger partial charge is 0.462 e. The van der Waals surface area contributed by atoms with Gasteiger partial charge in [-0.2, -0.15) is 10.1 Å². The quantitative estimate of drug-likeness (QED) is 0.0507. The average Bonchev–Trinajstić information content (AvgIpc) is 3.08. The van der Waals surface area contributed by atoms with Crippen LogP contribution in [0.1, 0.15) is 249 Å². The topological polar surface area (TPSA) is 77.5 Å². The Hall–Kier alpha value is -1.22. The van der Waals surface area contributed by atoms with Crippen LogP contribution in [0.4, 0.5) is 0 Å². The van der Waals surface area contributed by atoms with Crippen molar-refractivity contribution in [1.29, 1.82) is 0 Å². The van der Waals surface area contributed by atoms with Crippen LogP contribution in [0, 0.1) is 0 Å². The van der Waals surface area contributed by atoms with Gasteiger partial charge in [-0.05, 0) is 81.1 Å². The monoisotopic (exact) mass is 793 g/mol. The maximum Gasteiger partial charge on any atom is 0.306 e. The molecule has 2 fully saturated rings. The number of unbranched alkanes of at least 4 members (excludes halogenated alkanes) is 19. The molecular weight excluding hydrogens is 701 g/mol. The summed E-state index contributed by atoms with van der Waals surface area (Å²) in [5.74, 6) is -0.158. The highest BCUT2D eigenvalue weighted by molar-refractivity contribution is 5.69. The van der Waals surface area contributed by atoms with E-state index < -0.39 is 0 Å². The first-order valence-corrected chi connectivity index (χ1v) is 23.8. The summed E-state index contributed by atoms with van der Waals surface area (Å²) >= 11 is 0. The molecule has 0 amide bonds. The number of carbonyl (C=O) groups excluding carboxylic acids is 2. The lowest BCUT2D eigenvalue weighted by atomic mass is 9.80. The smallest absolute Gasteiger partial charge is 0.306 e. The molecule has 0 aromatic carbocycles.